The van der Waals surface area contributed by atoms with Crippen LogP contribution in [0.1, 0.15) is 46.1 Å². The van der Waals surface area contributed by atoms with Crippen LogP contribution in [-0.4, -0.2) is 4.57 Å². The Morgan fingerprint density at radius 3 is 2.45 bits per heavy atom. The molecule has 0 saturated heterocycles. The smallest absolute Gasteiger partial charge is 0.233 e. The lowest BCUT2D eigenvalue weighted by Crippen LogP contribution is -2.31. The van der Waals surface area contributed by atoms with Gasteiger partial charge in [-0.1, -0.05) is 27.7 Å². The molecule has 0 fully saturated rings. The Bertz CT molecular complexity index is 672. The van der Waals surface area contributed by atoms with Gasteiger partial charge in [0.25, 0.3) is 5.82 Å². The zero-order chi connectivity index (χ0) is 16.5. The lowest BCUT2D eigenvalue weighted by molar-refractivity contribution is -0.659. The second-order valence-electron chi connectivity index (χ2n) is 6.47. The van der Waals surface area contributed by atoms with Crippen LogP contribution in [-0.2, 0) is 19.0 Å². The van der Waals surface area contributed by atoms with Gasteiger partial charge in [0.05, 0.1) is 13.6 Å². The Kier molecular flexibility index (Phi) is 4.69. The maximum atomic E-state index is 14.7. The van der Waals surface area contributed by atoms with Crippen LogP contribution in [0.15, 0.2) is 24.5 Å². The number of nitrogens with zero attached hydrogens (tertiary/aromatic N) is 2. The van der Waals surface area contributed by atoms with Crippen molar-refractivity contribution in [3.8, 4) is 11.4 Å². The highest BCUT2D eigenvalue weighted by atomic mass is 19.1. The van der Waals surface area contributed by atoms with Crippen LogP contribution >= 0.6 is 0 Å². The molecule has 2 nitrogen and oxygen atoms in total. The van der Waals surface area contributed by atoms with Crippen molar-refractivity contribution in [2.45, 2.75) is 52.5 Å². The summed E-state index contributed by atoms with van der Waals surface area (Å²) in [5.74, 6) is -0.229. The molecule has 2 rings (SSSR count). The van der Waals surface area contributed by atoms with Gasteiger partial charge in [0.2, 0.25) is 0 Å². The van der Waals surface area contributed by atoms with Crippen molar-refractivity contribution in [1.82, 2.24) is 4.57 Å². The first-order chi connectivity index (χ1) is 10.3. The Morgan fingerprint density at radius 2 is 1.86 bits per heavy atom. The molecule has 0 unspecified atom stereocenters. The Hall–Kier alpha value is -1.71. The molecule has 0 aliphatic carbocycles. The number of rotatable bonds is 5. The number of benzene rings is 1. The first-order valence-electron chi connectivity index (χ1n) is 7.86. The highest BCUT2D eigenvalue weighted by Gasteiger charge is 2.31. The SMILES string of the molecule is CCCn1cc[n+](C)c1-c1c(F)cc(F)cc1C(C)(C)CC. The molecule has 0 radical (unpaired) electrons. The van der Waals surface area contributed by atoms with E-state index >= 15 is 0 Å². The fourth-order valence-electron chi connectivity index (χ4n) is 2.79. The van der Waals surface area contributed by atoms with Crippen LogP contribution in [0.2, 0.25) is 0 Å². The van der Waals surface area contributed by atoms with Gasteiger partial charge in [0.15, 0.2) is 0 Å². The fraction of sp³-hybridized carbons (Fsp3) is 0.500. The van der Waals surface area contributed by atoms with E-state index in [0.717, 1.165) is 36.8 Å². The van der Waals surface area contributed by atoms with Gasteiger partial charge in [0, 0.05) is 6.07 Å². The monoisotopic (exact) mass is 307 g/mol. The second kappa shape index (κ2) is 6.19. The van der Waals surface area contributed by atoms with Crippen LogP contribution in [0, 0.1) is 11.6 Å². The quantitative estimate of drug-likeness (QED) is 0.726. The molecule has 0 N–H and O–H groups in total. The average molecular weight is 307 g/mol. The summed E-state index contributed by atoms with van der Waals surface area (Å²) in [7, 11) is 1.90. The first-order valence-corrected chi connectivity index (χ1v) is 7.86. The number of hydrogen-bond acceptors (Lipinski definition) is 0. The van der Waals surface area contributed by atoms with Gasteiger partial charge in [-0.3, -0.25) is 0 Å². The molecule has 0 saturated carbocycles. The van der Waals surface area contributed by atoms with E-state index in [1.807, 2.05) is 49.3 Å². The predicted molar refractivity (Wildman–Crippen MR) is 84.6 cm³/mol. The van der Waals surface area contributed by atoms with E-state index in [1.165, 1.54) is 6.07 Å². The van der Waals surface area contributed by atoms with Crippen molar-refractivity contribution in [2.24, 2.45) is 7.05 Å². The third-order valence-corrected chi connectivity index (χ3v) is 4.43. The molecule has 22 heavy (non-hydrogen) atoms. The van der Waals surface area contributed by atoms with Crippen molar-refractivity contribution in [1.29, 1.82) is 0 Å². The molecular formula is C18H25F2N2+. The van der Waals surface area contributed by atoms with Crippen LogP contribution in [0.5, 0.6) is 0 Å². The molecule has 2 aromatic rings. The Labute approximate surface area is 131 Å². The third-order valence-electron chi connectivity index (χ3n) is 4.43. The lowest BCUT2D eigenvalue weighted by Gasteiger charge is -2.26. The van der Waals surface area contributed by atoms with Gasteiger partial charge in [-0.2, -0.15) is 0 Å². The van der Waals surface area contributed by atoms with Crippen LogP contribution in [0.4, 0.5) is 8.78 Å². The summed E-state index contributed by atoms with van der Waals surface area (Å²) in [4.78, 5) is 0. The summed E-state index contributed by atoms with van der Waals surface area (Å²) in [6.45, 7) is 8.98. The molecule has 1 aromatic heterocycles. The molecule has 4 heteroatoms. The molecule has 0 atom stereocenters. The van der Waals surface area contributed by atoms with Crippen LogP contribution < -0.4 is 4.57 Å². The summed E-state index contributed by atoms with van der Waals surface area (Å²) >= 11 is 0. The summed E-state index contributed by atoms with van der Waals surface area (Å²) in [6.07, 6.45) is 5.62. The molecule has 0 aliphatic heterocycles. The van der Waals surface area contributed by atoms with Gasteiger partial charge >= 0.3 is 0 Å². The topological polar surface area (TPSA) is 8.81 Å². The summed E-state index contributed by atoms with van der Waals surface area (Å²) in [5.41, 5.74) is 0.931. The minimum Gasteiger partial charge on any atom is -0.233 e. The van der Waals surface area contributed by atoms with Crippen LogP contribution in [0.25, 0.3) is 11.4 Å². The van der Waals surface area contributed by atoms with E-state index in [9.17, 15) is 8.78 Å². The molecule has 120 valence electrons. The van der Waals surface area contributed by atoms with E-state index < -0.39 is 11.6 Å². The molecule has 1 aromatic carbocycles. The van der Waals surface area contributed by atoms with Crippen molar-refractivity contribution in [3.63, 3.8) is 0 Å². The van der Waals surface area contributed by atoms with Crippen LogP contribution in [0.3, 0.4) is 0 Å². The van der Waals surface area contributed by atoms with E-state index in [1.54, 1.807) is 0 Å². The summed E-state index contributed by atoms with van der Waals surface area (Å²) in [6, 6.07) is 2.46. The van der Waals surface area contributed by atoms with E-state index in [-0.39, 0.29) is 5.41 Å². The Balaban J connectivity index is 2.78. The van der Waals surface area contributed by atoms with Crippen molar-refractivity contribution >= 4 is 0 Å². The normalized spacial score (nSPS) is 12.0. The summed E-state index contributed by atoms with van der Waals surface area (Å²) < 4.78 is 32.4. The average Bonchev–Trinajstić information content (AvgIpc) is 2.80. The lowest BCUT2D eigenvalue weighted by atomic mass is 9.79. The predicted octanol–water partition coefficient (Wildman–Crippen LogP) is 4.36. The van der Waals surface area contributed by atoms with E-state index in [2.05, 4.69) is 6.92 Å². The molecule has 0 bridgehead atoms. The maximum absolute atomic E-state index is 14.7. The Morgan fingerprint density at radius 1 is 1.18 bits per heavy atom. The molecule has 0 spiro atoms. The maximum Gasteiger partial charge on any atom is 0.291 e. The highest BCUT2D eigenvalue weighted by Crippen LogP contribution is 2.36. The van der Waals surface area contributed by atoms with E-state index in [4.69, 9.17) is 0 Å². The number of aryl methyl sites for hydroxylation is 2. The molecule has 0 amide bonds. The van der Waals surface area contributed by atoms with Gasteiger partial charge in [-0.15, -0.1) is 0 Å². The van der Waals surface area contributed by atoms with Gasteiger partial charge in [-0.05, 0) is 29.9 Å². The third kappa shape index (κ3) is 2.92. The van der Waals surface area contributed by atoms with E-state index in [0.29, 0.717) is 5.56 Å². The first kappa shape index (κ1) is 16.7. The number of hydrogen-bond donors (Lipinski definition) is 0. The molecule has 0 aliphatic rings. The standard InChI is InChI=1S/C18H25F2N2/c1-6-8-22-10-9-21(5)17(22)16-14(18(3,4)7-2)11-13(19)12-15(16)20/h9-12H,6-8H2,1-5H3/q+1. The minimum absolute atomic E-state index is 0.299. The fourth-order valence-corrected chi connectivity index (χ4v) is 2.79. The van der Waals surface area contributed by atoms with Crippen molar-refractivity contribution in [2.75, 3.05) is 0 Å². The number of imidazole rings is 1. The van der Waals surface area contributed by atoms with Gasteiger partial charge < -0.3 is 0 Å². The minimum atomic E-state index is -0.519. The van der Waals surface area contributed by atoms with Gasteiger partial charge in [0.1, 0.15) is 29.6 Å². The molecular weight excluding hydrogens is 282 g/mol. The summed E-state index contributed by atoms with van der Waals surface area (Å²) in [5, 5.41) is 0. The second-order valence-corrected chi connectivity index (χ2v) is 6.47. The number of halogens is 2. The number of aromatic nitrogens is 2. The molecule has 1 heterocycles. The van der Waals surface area contributed by atoms with Crippen molar-refractivity contribution < 1.29 is 13.3 Å². The van der Waals surface area contributed by atoms with Gasteiger partial charge in [-0.25, -0.2) is 17.9 Å². The largest absolute Gasteiger partial charge is 0.291 e. The van der Waals surface area contributed by atoms with Crippen molar-refractivity contribution in [3.05, 3.63) is 41.7 Å². The zero-order valence-electron chi connectivity index (χ0n) is 14.1. The highest BCUT2D eigenvalue weighted by molar-refractivity contribution is 5.62. The zero-order valence-corrected chi connectivity index (χ0v) is 14.1.